The van der Waals surface area contributed by atoms with Crippen LogP contribution in [-0.4, -0.2) is 29.1 Å². The molecule has 2 rings (SSSR count). The molecule has 0 heterocycles. The van der Waals surface area contributed by atoms with Crippen LogP contribution < -0.4 is 0 Å². The first-order chi connectivity index (χ1) is 13.4. The molecule has 28 heavy (non-hydrogen) atoms. The number of benzene rings is 2. The second-order valence-electron chi connectivity index (χ2n) is 6.15. The van der Waals surface area contributed by atoms with E-state index in [9.17, 15) is 14.4 Å². The molecule has 0 spiro atoms. The third-order valence-electron chi connectivity index (χ3n) is 4.11. The van der Waals surface area contributed by atoms with Crippen molar-refractivity contribution in [3.05, 3.63) is 82.6 Å². The predicted molar refractivity (Wildman–Crippen MR) is 103 cm³/mol. The number of ether oxygens (including phenoxy) is 2. The third-order valence-corrected chi connectivity index (χ3v) is 4.11. The van der Waals surface area contributed by atoms with Crippen molar-refractivity contribution in [3.8, 4) is 0 Å². The van der Waals surface area contributed by atoms with E-state index in [2.05, 4.69) is 0 Å². The number of esters is 2. The summed E-state index contributed by atoms with van der Waals surface area (Å²) >= 11 is 0. The highest BCUT2D eigenvalue weighted by Gasteiger charge is 2.24. The third kappa shape index (κ3) is 4.85. The average Bonchev–Trinajstić information content (AvgIpc) is 2.72. The second kappa shape index (κ2) is 9.50. The Morgan fingerprint density at radius 3 is 2.11 bits per heavy atom. The molecule has 1 N–H and O–H groups in total. The summed E-state index contributed by atoms with van der Waals surface area (Å²) in [6.45, 7) is 4.86. The van der Waals surface area contributed by atoms with E-state index in [1.165, 1.54) is 13.0 Å². The SMILES string of the molecule is CCC(OC(=O)C(C)=CO)OC(=O)c1ccccc1C(=O)c1ccccc1C. The van der Waals surface area contributed by atoms with Crippen molar-refractivity contribution in [1.29, 1.82) is 0 Å². The van der Waals surface area contributed by atoms with Crippen molar-refractivity contribution in [1.82, 2.24) is 0 Å². The van der Waals surface area contributed by atoms with E-state index in [4.69, 9.17) is 14.6 Å². The van der Waals surface area contributed by atoms with Crippen molar-refractivity contribution in [3.63, 3.8) is 0 Å². The van der Waals surface area contributed by atoms with Crippen LogP contribution in [0.15, 0.2) is 60.4 Å². The van der Waals surface area contributed by atoms with Gasteiger partial charge in [-0.05, 0) is 25.5 Å². The molecule has 2 aromatic carbocycles. The van der Waals surface area contributed by atoms with Crippen molar-refractivity contribution >= 4 is 17.7 Å². The van der Waals surface area contributed by atoms with E-state index in [1.54, 1.807) is 37.3 Å². The van der Waals surface area contributed by atoms with Crippen molar-refractivity contribution in [2.75, 3.05) is 0 Å². The van der Waals surface area contributed by atoms with Crippen molar-refractivity contribution in [2.45, 2.75) is 33.5 Å². The first-order valence-corrected chi connectivity index (χ1v) is 8.81. The fourth-order valence-electron chi connectivity index (χ4n) is 2.47. The molecule has 0 radical (unpaired) electrons. The summed E-state index contributed by atoms with van der Waals surface area (Å²) in [5, 5.41) is 8.87. The van der Waals surface area contributed by atoms with Crippen LogP contribution in [-0.2, 0) is 14.3 Å². The zero-order chi connectivity index (χ0) is 20.7. The Morgan fingerprint density at radius 1 is 0.964 bits per heavy atom. The maximum absolute atomic E-state index is 12.9. The summed E-state index contributed by atoms with van der Waals surface area (Å²) in [6, 6.07) is 13.4. The molecule has 0 aromatic heterocycles. The summed E-state index contributed by atoms with van der Waals surface area (Å²) in [6.07, 6.45) is -0.312. The molecule has 146 valence electrons. The van der Waals surface area contributed by atoms with Gasteiger partial charge in [0.1, 0.15) is 0 Å². The minimum Gasteiger partial charge on any atom is -0.515 e. The van der Waals surface area contributed by atoms with Crippen LogP contribution in [0.2, 0.25) is 0 Å². The van der Waals surface area contributed by atoms with Gasteiger partial charge in [-0.15, -0.1) is 0 Å². The monoisotopic (exact) mass is 382 g/mol. The molecule has 0 saturated carbocycles. The van der Waals surface area contributed by atoms with Gasteiger partial charge in [-0.1, -0.05) is 49.4 Å². The van der Waals surface area contributed by atoms with Gasteiger partial charge >= 0.3 is 11.9 Å². The van der Waals surface area contributed by atoms with Gasteiger partial charge in [0.05, 0.1) is 17.4 Å². The molecule has 0 saturated heterocycles. The Bertz CT molecular complexity index is 913. The molecule has 0 aliphatic heterocycles. The maximum Gasteiger partial charge on any atom is 0.341 e. The van der Waals surface area contributed by atoms with Gasteiger partial charge in [0, 0.05) is 17.5 Å². The molecule has 0 bridgehead atoms. The number of hydrogen-bond acceptors (Lipinski definition) is 6. The molecule has 1 atom stereocenters. The lowest BCUT2D eigenvalue weighted by Crippen LogP contribution is -2.25. The van der Waals surface area contributed by atoms with Crippen LogP contribution in [0.1, 0.15) is 52.1 Å². The highest BCUT2D eigenvalue weighted by molar-refractivity contribution is 6.15. The van der Waals surface area contributed by atoms with Gasteiger partial charge in [0.25, 0.3) is 0 Å². The van der Waals surface area contributed by atoms with E-state index >= 15 is 0 Å². The molecule has 1 unspecified atom stereocenters. The van der Waals surface area contributed by atoms with Crippen LogP contribution >= 0.6 is 0 Å². The second-order valence-corrected chi connectivity index (χ2v) is 6.15. The fraction of sp³-hybridized carbons (Fsp3) is 0.227. The first kappa shape index (κ1) is 20.9. The standard InChI is InChI=1S/C22H22O6/c1-4-19(27-21(25)15(3)13-23)28-22(26)18-12-8-7-11-17(18)20(24)16-10-6-5-9-14(16)2/h5-13,19,23H,4H2,1-3H3. The molecule has 0 fully saturated rings. The summed E-state index contributed by atoms with van der Waals surface area (Å²) in [5.41, 5.74) is 1.55. The minimum atomic E-state index is -1.14. The molecule has 2 aromatic rings. The van der Waals surface area contributed by atoms with Crippen LogP contribution in [0.4, 0.5) is 0 Å². The lowest BCUT2D eigenvalue weighted by molar-refractivity contribution is -0.164. The van der Waals surface area contributed by atoms with Gasteiger partial charge in [-0.3, -0.25) is 4.79 Å². The topological polar surface area (TPSA) is 89.9 Å². The summed E-state index contributed by atoms with van der Waals surface area (Å²) < 4.78 is 10.3. The Labute approximate surface area is 163 Å². The number of aryl methyl sites for hydroxylation is 1. The van der Waals surface area contributed by atoms with Crippen LogP contribution in [0.3, 0.4) is 0 Å². The molecular formula is C22H22O6. The maximum atomic E-state index is 12.9. The van der Waals surface area contributed by atoms with Gasteiger partial charge < -0.3 is 14.6 Å². The number of rotatable bonds is 7. The number of hydrogen-bond donors (Lipinski definition) is 1. The van der Waals surface area contributed by atoms with Crippen LogP contribution in [0.25, 0.3) is 0 Å². The number of carbonyl (C=O) groups excluding carboxylic acids is 3. The summed E-state index contributed by atoms with van der Waals surface area (Å²) in [4.78, 5) is 37.3. The molecule has 6 nitrogen and oxygen atoms in total. The molecular weight excluding hydrogens is 360 g/mol. The Kier molecular flexibility index (Phi) is 7.09. The van der Waals surface area contributed by atoms with E-state index in [0.717, 1.165) is 5.56 Å². The van der Waals surface area contributed by atoms with Gasteiger partial charge in [-0.2, -0.15) is 0 Å². The van der Waals surface area contributed by atoms with Gasteiger partial charge in [0.2, 0.25) is 6.29 Å². The summed E-state index contributed by atoms with van der Waals surface area (Å²) in [7, 11) is 0. The zero-order valence-electron chi connectivity index (χ0n) is 16.0. The Morgan fingerprint density at radius 2 is 1.54 bits per heavy atom. The van der Waals surface area contributed by atoms with Crippen LogP contribution in [0.5, 0.6) is 0 Å². The lowest BCUT2D eigenvalue weighted by atomic mass is 9.95. The number of ketones is 1. The highest BCUT2D eigenvalue weighted by atomic mass is 16.7. The van der Waals surface area contributed by atoms with Crippen molar-refractivity contribution in [2.24, 2.45) is 0 Å². The highest BCUT2D eigenvalue weighted by Crippen LogP contribution is 2.19. The van der Waals surface area contributed by atoms with E-state index in [1.807, 2.05) is 19.1 Å². The van der Waals surface area contributed by atoms with Crippen LogP contribution in [0, 0.1) is 6.92 Å². The van der Waals surface area contributed by atoms with Gasteiger partial charge in [0.15, 0.2) is 5.78 Å². The largest absolute Gasteiger partial charge is 0.515 e. The normalized spacial score (nSPS) is 12.2. The van der Waals surface area contributed by atoms with Crippen molar-refractivity contribution < 1.29 is 29.0 Å². The Hall–Kier alpha value is -3.41. The quantitative estimate of drug-likeness (QED) is 0.255. The molecule has 0 aliphatic rings. The smallest absolute Gasteiger partial charge is 0.341 e. The summed E-state index contributed by atoms with van der Waals surface area (Å²) in [5.74, 6) is -1.87. The first-order valence-electron chi connectivity index (χ1n) is 8.81. The van der Waals surface area contributed by atoms with E-state index in [-0.39, 0.29) is 28.9 Å². The Balaban J connectivity index is 2.26. The number of aliphatic hydroxyl groups is 1. The van der Waals surface area contributed by atoms with E-state index < -0.39 is 18.2 Å². The number of carbonyl (C=O) groups is 3. The number of aliphatic hydroxyl groups excluding tert-OH is 1. The molecule has 0 aliphatic carbocycles. The fourth-order valence-corrected chi connectivity index (χ4v) is 2.47. The molecule has 6 heteroatoms. The zero-order valence-corrected chi connectivity index (χ0v) is 16.0. The molecule has 0 amide bonds. The predicted octanol–water partition coefficient (Wildman–Crippen LogP) is 4.12. The average molecular weight is 382 g/mol. The van der Waals surface area contributed by atoms with E-state index in [0.29, 0.717) is 11.8 Å². The lowest BCUT2D eigenvalue weighted by Gasteiger charge is -2.17. The minimum absolute atomic E-state index is 0.0235. The van der Waals surface area contributed by atoms with Gasteiger partial charge in [-0.25, -0.2) is 9.59 Å².